The summed E-state index contributed by atoms with van der Waals surface area (Å²) < 4.78 is 0. The molecule has 0 spiro atoms. The van der Waals surface area contributed by atoms with Crippen molar-refractivity contribution in [3.63, 3.8) is 0 Å². The summed E-state index contributed by atoms with van der Waals surface area (Å²) in [6.07, 6.45) is 7.59. The number of unbranched alkanes of at least 4 members (excludes halogenated alkanes) is 1. The van der Waals surface area contributed by atoms with E-state index in [0.717, 1.165) is 17.1 Å². The Hall–Kier alpha value is -1.14. The Labute approximate surface area is 88.4 Å². The molecular formula is C11H13NOS. The number of ketones is 1. The summed E-state index contributed by atoms with van der Waals surface area (Å²) in [6, 6.07) is 0. The number of nitrogens with zero attached hydrogens (tertiary/aromatic N) is 1. The number of carbonyl (C=O) groups excluding carboxylic acids is 1. The van der Waals surface area contributed by atoms with Crippen LogP contribution in [0.15, 0.2) is 5.38 Å². The van der Waals surface area contributed by atoms with E-state index in [1.807, 2.05) is 12.3 Å². The minimum absolute atomic E-state index is 0.227. The molecule has 0 N–H and O–H groups in total. The fourth-order valence-corrected chi connectivity index (χ4v) is 1.78. The molecule has 0 saturated carbocycles. The maximum absolute atomic E-state index is 11.4. The fourth-order valence-electron chi connectivity index (χ4n) is 1.17. The standard InChI is InChI=1S/C11H13NOS/c1-3-4-5-6-11(13)7-10-8-14-9(2)12-10/h1,8H,4-7H2,2H3. The lowest BCUT2D eigenvalue weighted by atomic mass is 10.1. The molecule has 1 aromatic rings. The van der Waals surface area contributed by atoms with E-state index < -0.39 is 0 Å². The largest absolute Gasteiger partial charge is 0.299 e. The van der Waals surface area contributed by atoms with Gasteiger partial charge in [0, 0.05) is 24.6 Å². The topological polar surface area (TPSA) is 30.0 Å². The number of aromatic nitrogens is 1. The van der Waals surface area contributed by atoms with E-state index in [-0.39, 0.29) is 5.78 Å². The molecule has 1 heterocycles. The van der Waals surface area contributed by atoms with E-state index in [4.69, 9.17) is 6.42 Å². The molecule has 1 rings (SSSR count). The van der Waals surface area contributed by atoms with E-state index in [1.54, 1.807) is 11.3 Å². The summed E-state index contributed by atoms with van der Waals surface area (Å²) in [5, 5.41) is 2.95. The Morgan fingerprint density at radius 1 is 1.71 bits per heavy atom. The summed E-state index contributed by atoms with van der Waals surface area (Å²) in [4.78, 5) is 15.6. The minimum Gasteiger partial charge on any atom is -0.299 e. The van der Waals surface area contributed by atoms with Gasteiger partial charge >= 0.3 is 0 Å². The molecule has 1 aromatic heterocycles. The molecule has 0 atom stereocenters. The third kappa shape index (κ3) is 3.71. The van der Waals surface area contributed by atoms with Crippen LogP contribution in [-0.2, 0) is 11.2 Å². The van der Waals surface area contributed by atoms with Gasteiger partial charge in [0.2, 0.25) is 0 Å². The smallest absolute Gasteiger partial charge is 0.138 e. The molecule has 0 radical (unpaired) electrons. The van der Waals surface area contributed by atoms with Gasteiger partial charge in [0.25, 0.3) is 0 Å². The Kier molecular flexibility index (Phi) is 4.34. The molecule has 2 nitrogen and oxygen atoms in total. The van der Waals surface area contributed by atoms with Gasteiger partial charge in [-0.2, -0.15) is 0 Å². The van der Waals surface area contributed by atoms with Crippen molar-refractivity contribution in [1.29, 1.82) is 0 Å². The van der Waals surface area contributed by atoms with E-state index in [0.29, 0.717) is 19.3 Å². The highest BCUT2D eigenvalue weighted by atomic mass is 32.1. The highest BCUT2D eigenvalue weighted by molar-refractivity contribution is 7.09. The minimum atomic E-state index is 0.227. The third-order valence-electron chi connectivity index (χ3n) is 1.82. The number of carbonyl (C=O) groups is 1. The van der Waals surface area contributed by atoms with Crippen molar-refractivity contribution >= 4 is 17.1 Å². The third-order valence-corrected chi connectivity index (χ3v) is 2.64. The number of terminal acetylenes is 1. The Morgan fingerprint density at radius 2 is 2.50 bits per heavy atom. The zero-order chi connectivity index (χ0) is 10.4. The zero-order valence-corrected chi connectivity index (χ0v) is 9.06. The summed E-state index contributed by atoms with van der Waals surface area (Å²) in [7, 11) is 0. The maximum Gasteiger partial charge on any atom is 0.138 e. The second-order valence-electron chi connectivity index (χ2n) is 3.13. The van der Waals surface area contributed by atoms with Crippen LogP contribution >= 0.6 is 11.3 Å². The summed E-state index contributed by atoms with van der Waals surface area (Å²) in [5.41, 5.74) is 0.887. The molecule has 74 valence electrons. The summed E-state index contributed by atoms with van der Waals surface area (Å²) >= 11 is 1.58. The van der Waals surface area contributed by atoms with Crippen LogP contribution < -0.4 is 0 Å². The van der Waals surface area contributed by atoms with Crippen LogP contribution in [0.4, 0.5) is 0 Å². The molecule has 0 aliphatic heterocycles. The molecule has 0 amide bonds. The van der Waals surface area contributed by atoms with E-state index >= 15 is 0 Å². The second kappa shape index (κ2) is 5.56. The first-order valence-electron chi connectivity index (χ1n) is 4.58. The average molecular weight is 207 g/mol. The van der Waals surface area contributed by atoms with Crippen molar-refractivity contribution < 1.29 is 4.79 Å². The van der Waals surface area contributed by atoms with Gasteiger partial charge in [0.1, 0.15) is 5.78 Å². The number of thiazole rings is 1. The van der Waals surface area contributed by atoms with Crippen molar-refractivity contribution in [1.82, 2.24) is 4.98 Å². The van der Waals surface area contributed by atoms with Crippen LogP contribution in [-0.4, -0.2) is 10.8 Å². The lowest BCUT2D eigenvalue weighted by Gasteiger charge is -1.95. The molecule has 0 aliphatic rings. The molecule has 3 heteroatoms. The van der Waals surface area contributed by atoms with Gasteiger partial charge in [0.15, 0.2) is 0 Å². The summed E-state index contributed by atoms with van der Waals surface area (Å²) in [6.45, 7) is 1.94. The number of aryl methyl sites for hydroxylation is 1. The van der Waals surface area contributed by atoms with Crippen molar-refractivity contribution in [3.8, 4) is 12.3 Å². The van der Waals surface area contributed by atoms with Crippen LogP contribution in [0.5, 0.6) is 0 Å². The van der Waals surface area contributed by atoms with Crippen molar-refractivity contribution in [2.45, 2.75) is 32.6 Å². The van der Waals surface area contributed by atoms with Gasteiger partial charge in [-0.15, -0.1) is 23.7 Å². The monoisotopic (exact) mass is 207 g/mol. The number of Topliss-reactive ketones (excluding diaryl/α,β-unsaturated/α-hetero) is 1. The molecule has 0 fully saturated rings. The molecule has 0 unspecified atom stereocenters. The van der Waals surface area contributed by atoms with Gasteiger partial charge in [0.05, 0.1) is 10.7 Å². The molecular weight excluding hydrogens is 194 g/mol. The predicted molar refractivity (Wildman–Crippen MR) is 58.2 cm³/mol. The predicted octanol–water partition coefficient (Wildman–Crippen LogP) is 2.37. The molecule has 14 heavy (non-hydrogen) atoms. The van der Waals surface area contributed by atoms with Crippen LogP contribution in [0.3, 0.4) is 0 Å². The van der Waals surface area contributed by atoms with Gasteiger partial charge in [-0.3, -0.25) is 4.79 Å². The zero-order valence-electron chi connectivity index (χ0n) is 8.25. The van der Waals surface area contributed by atoms with Crippen molar-refractivity contribution in [2.75, 3.05) is 0 Å². The second-order valence-corrected chi connectivity index (χ2v) is 4.19. The quantitative estimate of drug-likeness (QED) is 0.548. The highest BCUT2D eigenvalue weighted by Gasteiger charge is 2.05. The van der Waals surface area contributed by atoms with Gasteiger partial charge < -0.3 is 0 Å². The number of hydrogen-bond donors (Lipinski definition) is 0. The summed E-state index contributed by atoms with van der Waals surface area (Å²) in [5.74, 6) is 2.75. The molecule has 0 bridgehead atoms. The first-order chi connectivity index (χ1) is 6.72. The van der Waals surface area contributed by atoms with E-state index in [9.17, 15) is 4.79 Å². The van der Waals surface area contributed by atoms with Crippen LogP contribution in [0.2, 0.25) is 0 Å². The van der Waals surface area contributed by atoms with Gasteiger partial charge in [-0.1, -0.05) is 0 Å². The first kappa shape index (κ1) is 10.9. The van der Waals surface area contributed by atoms with Crippen molar-refractivity contribution in [3.05, 3.63) is 16.1 Å². The molecule has 0 aliphatic carbocycles. The lowest BCUT2D eigenvalue weighted by molar-refractivity contribution is -0.118. The fraction of sp³-hybridized carbons (Fsp3) is 0.455. The highest BCUT2D eigenvalue weighted by Crippen LogP contribution is 2.10. The van der Waals surface area contributed by atoms with Crippen LogP contribution in [0.25, 0.3) is 0 Å². The molecule has 0 aromatic carbocycles. The van der Waals surface area contributed by atoms with E-state index in [2.05, 4.69) is 10.9 Å². The Balaban J connectivity index is 2.31. The maximum atomic E-state index is 11.4. The average Bonchev–Trinajstić information content (AvgIpc) is 2.52. The van der Waals surface area contributed by atoms with Crippen LogP contribution in [0.1, 0.15) is 30.0 Å². The lowest BCUT2D eigenvalue weighted by Crippen LogP contribution is -2.02. The van der Waals surface area contributed by atoms with Crippen molar-refractivity contribution in [2.24, 2.45) is 0 Å². The van der Waals surface area contributed by atoms with Gasteiger partial charge in [-0.05, 0) is 13.3 Å². The normalized spacial score (nSPS) is 9.71. The number of rotatable bonds is 5. The van der Waals surface area contributed by atoms with Crippen LogP contribution in [0, 0.1) is 19.3 Å². The van der Waals surface area contributed by atoms with Gasteiger partial charge in [-0.25, -0.2) is 4.98 Å². The Bertz CT molecular complexity index is 348. The van der Waals surface area contributed by atoms with E-state index in [1.165, 1.54) is 0 Å². The SMILES string of the molecule is C#CCCCC(=O)Cc1csc(C)n1. The number of hydrogen-bond acceptors (Lipinski definition) is 3. The molecule has 0 saturated heterocycles. The Morgan fingerprint density at radius 3 is 3.07 bits per heavy atom. The first-order valence-corrected chi connectivity index (χ1v) is 5.46.